The van der Waals surface area contributed by atoms with Crippen LogP contribution in [-0.2, 0) is 12.0 Å². The van der Waals surface area contributed by atoms with E-state index in [9.17, 15) is 4.79 Å². The molecule has 33 heavy (non-hydrogen) atoms. The third-order valence-corrected chi connectivity index (χ3v) is 5.41. The number of hydrogen-bond acceptors (Lipinski definition) is 4. The van der Waals surface area contributed by atoms with Crippen LogP contribution in [0.15, 0.2) is 66.7 Å². The minimum absolute atomic E-state index is 0.0296. The second kappa shape index (κ2) is 10.4. The van der Waals surface area contributed by atoms with E-state index in [1.54, 1.807) is 44.6 Å². The topological polar surface area (TPSA) is 44.8 Å². The summed E-state index contributed by atoms with van der Waals surface area (Å²) in [6, 6.07) is 19.2. The van der Waals surface area contributed by atoms with Crippen molar-refractivity contribution < 1.29 is 19.0 Å². The smallest absolute Gasteiger partial charge is 0.185 e. The first kappa shape index (κ1) is 24.1. The third kappa shape index (κ3) is 6.26. The molecule has 4 nitrogen and oxygen atoms in total. The molecule has 0 radical (unpaired) electrons. The zero-order valence-corrected chi connectivity index (χ0v) is 20.3. The van der Waals surface area contributed by atoms with Crippen LogP contribution < -0.4 is 14.2 Å². The van der Waals surface area contributed by atoms with Gasteiger partial charge in [0.05, 0.1) is 14.2 Å². The summed E-state index contributed by atoms with van der Waals surface area (Å²) in [6.45, 7) is 8.95. The van der Waals surface area contributed by atoms with Crippen LogP contribution in [0.5, 0.6) is 17.2 Å². The van der Waals surface area contributed by atoms with Crippen molar-refractivity contribution >= 4 is 11.9 Å². The van der Waals surface area contributed by atoms with E-state index in [-0.39, 0.29) is 11.2 Å². The van der Waals surface area contributed by atoms with Gasteiger partial charge >= 0.3 is 0 Å². The van der Waals surface area contributed by atoms with E-state index >= 15 is 0 Å². The Bertz CT molecular complexity index is 1150. The fourth-order valence-electron chi connectivity index (χ4n) is 3.58. The highest BCUT2D eigenvalue weighted by Crippen LogP contribution is 2.33. The molecule has 0 aromatic heterocycles. The standard InChI is InChI=1S/C29H32O4/c1-20-10-13-25(29(2,3)4)28(16-20)33-19-23-17-21(12-15-27(23)32-6)11-14-26(30)22-8-7-9-24(18-22)31-5/h7-18H,19H2,1-6H3/b14-11+. The molecule has 172 valence electrons. The van der Waals surface area contributed by atoms with E-state index in [0.717, 1.165) is 33.8 Å². The van der Waals surface area contributed by atoms with E-state index in [1.807, 2.05) is 24.3 Å². The number of benzene rings is 3. The minimum atomic E-state index is -0.0860. The molecule has 0 bridgehead atoms. The van der Waals surface area contributed by atoms with Crippen LogP contribution in [0.3, 0.4) is 0 Å². The summed E-state index contributed by atoms with van der Waals surface area (Å²) in [5.74, 6) is 2.19. The van der Waals surface area contributed by atoms with Crippen LogP contribution in [-0.4, -0.2) is 20.0 Å². The molecule has 0 N–H and O–H groups in total. The molecule has 0 fully saturated rings. The average Bonchev–Trinajstić information content (AvgIpc) is 2.80. The van der Waals surface area contributed by atoms with E-state index in [2.05, 4.69) is 45.9 Å². The van der Waals surface area contributed by atoms with Crippen molar-refractivity contribution in [2.24, 2.45) is 0 Å². The number of ether oxygens (including phenoxy) is 3. The lowest BCUT2D eigenvalue weighted by molar-refractivity contribution is 0.104. The van der Waals surface area contributed by atoms with Crippen molar-refractivity contribution in [2.75, 3.05) is 14.2 Å². The molecule has 3 aromatic carbocycles. The zero-order valence-electron chi connectivity index (χ0n) is 20.3. The number of aryl methyl sites for hydroxylation is 1. The maximum absolute atomic E-state index is 12.6. The lowest BCUT2D eigenvalue weighted by Crippen LogP contribution is -2.13. The monoisotopic (exact) mass is 444 g/mol. The predicted molar refractivity (Wildman–Crippen MR) is 134 cm³/mol. The maximum atomic E-state index is 12.6. The number of carbonyl (C=O) groups excluding carboxylic acids is 1. The molecular weight excluding hydrogens is 412 g/mol. The van der Waals surface area contributed by atoms with Gasteiger partial charge in [0.15, 0.2) is 5.78 Å². The van der Waals surface area contributed by atoms with Crippen molar-refractivity contribution in [1.82, 2.24) is 0 Å². The number of methoxy groups -OCH3 is 2. The van der Waals surface area contributed by atoms with Gasteiger partial charge < -0.3 is 14.2 Å². The highest BCUT2D eigenvalue weighted by molar-refractivity contribution is 6.07. The second-order valence-electron chi connectivity index (χ2n) is 9.04. The first-order chi connectivity index (χ1) is 15.7. The van der Waals surface area contributed by atoms with Crippen LogP contribution in [0.2, 0.25) is 0 Å². The summed E-state index contributed by atoms with van der Waals surface area (Å²) in [7, 11) is 3.23. The lowest BCUT2D eigenvalue weighted by atomic mass is 9.86. The molecule has 0 unspecified atom stereocenters. The second-order valence-corrected chi connectivity index (χ2v) is 9.04. The SMILES string of the molecule is COc1cccc(C(=O)/C=C/c2ccc(OC)c(COc3cc(C)ccc3C(C)(C)C)c2)c1. The third-order valence-electron chi connectivity index (χ3n) is 5.41. The van der Waals surface area contributed by atoms with Crippen molar-refractivity contribution in [3.8, 4) is 17.2 Å². The van der Waals surface area contributed by atoms with Crippen molar-refractivity contribution in [3.63, 3.8) is 0 Å². The summed E-state index contributed by atoms with van der Waals surface area (Å²) in [5, 5.41) is 0. The Balaban J connectivity index is 1.81. The van der Waals surface area contributed by atoms with Gasteiger partial charge in [-0.2, -0.15) is 0 Å². The van der Waals surface area contributed by atoms with Gasteiger partial charge in [-0.25, -0.2) is 0 Å². The Hall–Kier alpha value is -3.53. The molecule has 0 aliphatic carbocycles. The first-order valence-electron chi connectivity index (χ1n) is 11.0. The van der Waals surface area contributed by atoms with E-state index in [4.69, 9.17) is 14.2 Å². The van der Waals surface area contributed by atoms with Crippen LogP contribution in [0.4, 0.5) is 0 Å². The van der Waals surface area contributed by atoms with Gasteiger partial charge in [0.25, 0.3) is 0 Å². The summed E-state index contributed by atoms with van der Waals surface area (Å²) < 4.78 is 17.0. The van der Waals surface area contributed by atoms with Crippen LogP contribution in [0.1, 0.15) is 53.4 Å². The number of rotatable bonds is 8. The zero-order chi connectivity index (χ0) is 24.0. The minimum Gasteiger partial charge on any atom is -0.497 e. The summed E-state index contributed by atoms with van der Waals surface area (Å²) in [5.41, 5.74) is 4.67. The molecule has 4 heteroatoms. The van der Waals surface area contributed by atoms with Crippen LogP contribution >= 0.6 is 0 Å². The Morgan fingerprint density at radius 1 is 0.909 bits per heavy atom. The molecule has 0 saturated heterocycles. The molecule has 0 aliphatic rings. The molecule has 0 spiro atoms. The Kier molecular flexibility index (Phi) is 7.59. The molecule has 0 aliphatic heterocycles. The molecule has 0 saturated carbocycles. The van der Waals surface area contributed by atoms with E-state index in [0.29, 0.717) is 17.9 Å². The maximum Gasteiger partial charge on any atom is 0.185 e. The van der Waals surface area contributed by atoms with Gasteiger partial charge in [-0.1, -0.05) is 57.2 Å². The van der Waals surface area contributed by atoms with Crippen LogP contribution in [0.25, 0.3) is 6.08 Å². The molecule has 0 atom stereocenters. The predicted octanol–water partition coefficient (Wildman–Crippen LogP) is 6.78. The van der Waals surface area contributed by atoms with Gasteiger partial charge in [-0.05, 0) is 65.4 Å². The van der Waals surface area contributed by atoms with Crippen molar-refractivity contribution in [1.29, 1.82) is 0 Å². The van der Waals surface area contributed by atoms with Crippen molar-refractivity contribution in [2.45, 2.75) is 39.7 Å². The Labute approximate surface area is 196 Å². The Morgan fingerprint density at radius 2 is 1.70 bits per heavy atom. The highest BCUT2D eigenvalue weighted by Gasteiger charge is 2.19. The number of carbonyl (C=O) groups is 1. The normalized spacial score (nSPS) is 11.5. The van der Waals surface area contributed by atoms with Gasteiger partial charge in [0.2, 0.25) is 0 Å². The van der Waals surface area contributed by atoms with E-state index in [1.165, 1.54) is 0 Å². The largest absolute Gasteiger partial charge is 0.497 e. The molecular formula is C29H32O4. The van der Waals surface area contributed by atoms with Gasteiger partial charge in [-0.3, -0.25) is 4.79 Å². The highest BCUT2D eigenvalue weighted by atomic mass is 16.5. The quantitative estimate of drug-likeness (QED) is 0.284. The van der Waals surface area contributed by atoms with Gasteiger partial charge in [0, 0.05) is 11.1 Å². The Morgan fingerprint density at radius 3 is 2.39 bits per heavy atom. The first-order valence-corrected chi connectivity index (χ1v) is 11.0. The fraction of sp³-hybridized carbons (Fsp3) is 0.276. The summed E-state index contributed by atoms with van der Waals surface area (Å²) >= 11 is 0. The molecule has 0 amide bonds. The molecule has 3 aromatic rings. The van der Waals surface area contributed by atoms with Crippen LogP contribution in [0, 0.1) is 6.92 Å². The molecule has 3 rings (SSSR count). The average molecular weight is 445 g/mol. The molecule has 0 heterocycles. The van der Waals surface area contributed by atoms with Crippen molar-refractivity contribution in [3.05, 3.63) is 94.6 Å². The van der Waals surface area contributed by atoms with Gasteiger partial charge in [-0.15, -0.1) is 0 Å². The van der Waals surface area contributed by atoms with Gasteiger partial charge in [0.1, 0.15) is 23.9 Å². The van der Waals surface area contributed by atoms with E-state index < -0.39 is 0 Å². The lowest BCUT2D eigenvalue weighted by Gasteiger charge is -2.23. The summed E-state index contributed by atoms with van der Waals surface area (Å²) in [4.78, 5) is 12.6. The fourth-order valence-corrected chi connectivity index (χ4v) is 3.58. The number of allylic oxidation sites excluding steroid dienone is 1. The number of ketones is 1. The summed E-state index contributed by atoms with van der Waals surface area (Å²) in [6.07, 6.45) is 3.37. The number of hydrogen-bond donors (Lipinski definition) is 0.